The Hall–Kier alpha value is -1.23. The molecule has 1 aromatic carbocycles. The maximum absolute atomic E-state index is 13.0. The SMILES string of the molecule is FC(F)(F)c1cccc(N2CCN(C3C4CC5CC(C4)CC3C5)CC2)c1. The molecule has 0 aromatic heterocycles. The van der Waals surface area contributed by atoms with Crippen molar-refractivity contribution in [2.75, 3.05) is 31.1 Å². The van der Waals surface area contributed by atoms with Gasteiger partial charge in [-0.15, -0.1) is 0 Å². The van der Waals surface area contributed by atoms with Gasteiger partial charge in [0.1, 0.15) is 0 Å². The van der Waals surface area contributed by atoms with E-state index in [-0.39, 0.29) is 0 Å². The molecule has 4 bridgehead atoms. The number of halogens is 3. The first-order chi connectivity index (χ1) is 12.5. The number of rotatable bonds is 2. The molecule has 1 aromatic rings. The Bertz CT molecular complexity index is 635. The van der Waals surface area contributed by atoms with Crippen molar-refractivity contribution in [3.8, 4) is 0 Å². The predicted molar refractivity (Wildman–Crippen MR) is 96.1 cm³/mol. The molecule has 0 radical (unpaired) electrons. The summed E-state index contributed by atoms with van der Waals surface area (Å²) in [6, 6.07) is 6.55. The molecule has 4 saturated carbocycles. The van der Waals surface area contributed by atoms with Crippen molar-refractivity contribution in [2.24, 2.45) is 23.7 Å². The van der Waals surface area contributed by atoms with Gasteiger partial charge in [0.15, 0.2) is 0 Å². The van der Waals surface area contributed by atoms with Crippen LogP contribution in [0.4, 0.5) is 18.9 Å². The van der Waals surface area contributed by atoms with Crippen LogP contribution >= 0.6 is 0 Å². The van der Waals surface area contributed by atoms with Crippen molar-refractivity contribution in [1.82, 2.24) is 4.90 Å². The summed E-state index contributed by atoms with van der Waals surface area (Å²) < 4.78 is 38.9. The van der Waals surface area contributed by atoms with Crippen LogP contribution in [0.2, 0.25) is 0 Å². The average molecular weight is 364 g/mol. The summed E-state index contributed by atoms with van der Waals surface area (Å²) in [6.45, 7) is 3.65. The zero-order valence-corrected chi connectivity index (χ0v) is 15.1. The van der Waals surface area contributed by atoms with Gasteiger partial charge in [0.05, 0.1) is 5.56 Å². The van der Waals surface area contributed by atoms with Crippen LogP contribution in [0.15, 0.2) is 24.3 Å². The van der Waals surface area contributed by atoms with E-state index in [1.54, 1.807) is 0 Å². The maximum atomic E-state index is 13.0. The van der Waals surface area contributed by atoms with E-state index in [0.29, 0.717) is 5.69 Å². The van der Waals surface area contributed by atoms with E-state index < -0.39 is 11.7 Å². The zero-order valence-electron chi connectivity index (χ0n) is 15.1. The van der Waals surface area contributed by atoms with Gasteiger partial charge in [-0.3, -0.25) is 4.90 Å². The van der Waals surface area contributed by atoms with Crippen LogP contribution in [-0.4, -0.2) is 37.1 Å². The molecule has 5 aliphatic rings. The van der Waals surface area contributed by atoms with Gasteiger partial charge in [0, 0.05) is 37.9 Å². The van der Waals surface area contributed by atoms with Crippen molar-refractivity contribution < 1.29 is 13.2 Å². The van der Waals surface area contributed by atoms with Crippen LogP contribution in [0.25, 0.3) is 0 Å². The fourth-order valence-corrected chi connectivity index (χ4v) is 6.65. The van der Waals surface area contributed by atoms with Crippen LogP contribution in [0, 0.1) is 23.7 Å². The lowest BCUT2D eigenvalue weighted by molar-refractivity contribution is -0.137. The number of hydrogen-bond acceptors (Lipinski definition) is 2. The lowest BCUT2D eigenvalue weighted by Gasteiger charge is -2.58. The number of piperazine rings is 1. The normalized spacial score (nSPS) is 37.3. The van der Waals surface area contributed by atoms with Crippen molar-refractivity contribution in [2.45, 2.75) is 44.3 Å². The summed E-state index contributed by atoms with van der Waals surface area (Å²) in [6.07, 6.45) is 2.90. The third-order valence-corrected chi connectivity index (χ3v) is 7.45. The Kier molecular flexibility index (Phi) is 4.00. The molecule has 2 nitrogen and oxygen atoms in total. The first kappa shape index (κ1) is 16.9. The summed E-state index contributed by atoms with van der Waals surface area (Å²) >= 11 is 0. The van der Waals surface area contributed by atoms with Crippen LogP contribution in [0.1, 0.15) is 37.7 Å². The summed E-state index contributed by atoms with van der Waals surface area (Å²) in [7, 11) is 0. The highest BCUT2D eigenvalue weighted by atomic mass is 19.4. The van der Waals surface area contributed by atoms with Crippen LogP contribution in [0.3, 0.4) is 0 Å². The summed E-state index contributed by atoms with van der Waals surface area (Å²) in [5, 5.41) is 0. The fourth-order valence-electron chi connectivity index (χ4n) is 6.65. The van der Waals surface area contributed by atoms with E-state index in [1.807, 2.05) is 6.07 Å². The molecule has 26 heavy (non-hydrogen) atoms. The molecule has 0 atom stereocenters. The first-order valence-corrected chi connectivity index (χ1v) is 10.1. The Morgan fingerprint density at radius 3 is 2.00 bits per heavy atom. The second-order valence-corrected chi connectivity index (χ2v) is 8.99. The molecule has 0 amide bonds. The molecule has 0 N–H and O–H groups in total. The van der Waals surface area contributed by atoms with E-state index in [1.165, 1.54) is 44.2 Å². The minimum absolute atomic E-state index is 0.543. The monoisotopic (exact) mass is 364 g/mol. The maximum Gasteiger partial charge on any atom is 0.416 e. The van der Waals surface area contributed by atoms with Crippen LogP contribution < -0.4 is 4.90 Å². The van der Waals surface area contributed by atoms with E-state index in [9.17, 15) is 13.2 Å². The van der Waals surface area contributed by atoms with Gasteiger partial charge < -0.3 is 4.90 Å². The highest BCUT2D eigenvalue weighted by Crippen LogP contribution is 2.55. The van der Waals surface area contributed by atoms with E-state index in [2.05, 4.69) is 9.80 Å². The minimum Gasteiger partial charge on any atom is -0.369 e. The second-order valence-electron chi connectivity index (χ2n) is 8.99. The minimum atomic E-state index is -4.27. The molecule has 0 unspecified atom stereocenters. The van der Waals surface area contributed by atoms with Crippen molar-refractivity contribution in [3.63, 3.8) is 0 Å². The molecule has 5 heteroatoms. The largest absolute Gasteiger partial charge is 0.416 e. The number of nitrogens with zero attached hydrogens (tertiary/aromatic N) is 2. The number of benzene rings is 1. The van der Waals surface area contributed by atoms with Crippen molar-refractivity contribution >= 4 is 5.69 Å². The summed E-state index contributed by atoms with van der Waals surface area (Å²) in [5.41, 5.74) is 0.169. The standard InChI is InChI=1S/C21H27F3N2/c22-21(23,24)18-2-1-3-19(13-18)25-4-6-26(7-5-25)20-16-9-14-8-15(11-16)12-17(20)10-14/h1-3,13-17,20H,4-12H2. The van der Waals surface area contributed by atoms with E-state index >= 15 is 0 Å². The van der Waals surface area contributed by atoms with E-state index in [0.717, 1.165) is 62.0 Å². The Morgan fingerprint density at radius 1 is 0.808 bits per heavy atom. The molecular formula is C21H27F3N2. The number of hydrogen-bond donors (Lipinski definition) is 0. The van der Waals surface area contributed by atoms with Crippen molar-refractivity contribution in [1.29, 1.82) is 0 Å². The molecule has 0 spiro atoms. The lowest BCUT2D eigenvalue weighted by atomic mass is 9.54. The van der Waals surface area contributed by atoms with Gasteiger partial charge in [0.25, 0.3) is 0 Å². The van der Waals surface area contributed by atoms with E-state index in [4.69, 9.17) is 0 Å². The number of alkyl halides is 3. The quantitative estimate of drug-likeness (QED) is 0.754. The van der Waals surface area contributed by atoms with Crippen LogP contribution in [0.5, 0.6) is 0 Å². The number of anilines is 1. The molecule has 5 fully saturated rings. The molecule has 1 saturated heterocycles. The first-order valence-electron chi connectivity index (χ1n) is 10.1. The zero-order chi connectivity index (χ0) is 17.9. The average Bonchev–Trinajstić information content (AvgIpc) is 2.61. The Balaban J connectivity index is 1.26. The Labute approximate surface area is 153 Å². The van der Waals surface area contributed by atoms with Gasteiger partial charge in [-0.1, -0.05) is 6.07 Å². The van der Waals surface area contributed by atoms with Gasteiger partial charge in [-0.05, 0) is 74.0 Å². The predicted octanol–water partition coefficient (Wildman–Crippen LogP) is 4.65. The topological polar surface area (TPSA) is 6.48 Å². The fraction of sp³-hybridized carbons (Fsp3) is 0.714. The molecular weight excluding hydrogens is 337 g/mol. The van der Waals surface area contributed by atoms with Gasteiger partial charge >= 0.3 is 6.18 Å². The van der Waals surface area contributed by atoms with Gasteiger partial charge in [0.2, 0.25) is 0 Å². The summed E-state index contributed by atoms with van der Waals surface area (Å²) in [4.78, 5) is 4.80. The smallest absolute Gasteiger partial charge is 0.369 e. The highest BCUT2D eigenvalue weighted by molar-refractivity contribution is 5.49. The molecule has 1 aliphatic heterocycles. The second kappa shape index (κ2) is 6.15. The van der Waals surface area contributed by atoms with Gasteiger partial charge in [-0.2, -0.15) is 13.2 Å². The highest BCUT2D eigenvalue weighted by Gasteiger charge is 2.50. The molecule has 4 aliphatic carbocycles. The van der Waals surface area contributed by atoms with Gasteiger partial charge in [-0.25, -0.2) is 0 Å². The lowest BCUT2D eigenvalue weighted by Crippen LogP contribution is -2.60. The van der Waals surface area contributed by atoms with Crippen LogP contribution in [-0.2, 0) is 6.18 Å². The van der Waals surface area contributed by atoms with Crippen molar-refractivity contribution in [3.05, 3.63) is 29.8 Å². The third kappa shape index (κ3) is 2.92. The summed E-state index contributed by atoms with van der Waals surface area (Å²) in [5.74, 6) is 3.73. The molecule has 1 heterocycles. The molecule has 6 rings (SSSR count). The third-order valence-electron chi connectivity index (χ3n) is 7.45. The molecule has 142 valence electrons. The Morgan fingerprint density at radius 2 is 1.42 bits per heavy atom.